The molecule has 1 aromatic heterocycles. The monoisotopic (exact) mass is 561 g/mol. The minimum absolute atomic E-state index is 0.0885. The molecule has 0 saturated heterocycles. The van der Waals surface area contributed by atoms with Crippen LogP contribution in [-0.2, 0) is 11.0 Å². The van der Waals surface area contributed by atoms with Gasteiger partial charge < -0.3 is 4.90 Å². The number of hydrogen-bond acceptors (Lipinski definition) is 5. The number of para-hydroxylation sites is 2. The van der Waals surface area contributed by atoms with Crippen LogP contribution in [0.25, 0.3) is 17.3 Å². The van der Waals surface area contributed by atoms with Crippen molar-refractivity contribution in [2.75, 3.05) is 11.9 Å². The number of halogens is 3. The van der Waals surface area contributed by atoms with Gasteiger partial charge in [0.2, 0.25) is 0 Å². The highest BCUT2D eigenvalue weighted by Crippen LogP contribution is 2.33. The van der Waals surface area contributed by atoms with Gasteiger partial charge in [0.05, 0.1) is 15.8 Å². The summed E-state index contributed by atoms with van der Waals surface area (Å²) in [6, 6.07) is 23.5. The molecule has 0 aliphatic heterocycles. The van der Waals surface area contributed by atoms with Crippen molar-refractivity contribution < 1.29 is 18.0 Å². The Morgan fingerprint density at radius 3 is 2.08 bits per heavy atom. The lowest BCUT2D eigenvalue weighted by Crippen LogP contribution is -2.34. The minimum Gasteiger partial charge on any atom is -0.345 e. The summed E-state index contributed by atoms with van der Waals surface area (Å²) >= 11 is 0.816. The molecule has 3 aromatic carbocycles. The van der Waals surface area contributed by atoms with E-state index in [9.17, 15) is 28.0 Å². The van der Waals surface area contributed by atoms with Crippen LogP contribution in [0, 0.1) is 16.7 Å². The molecule has 0 atom stereocenters. The van der Waals surface area contributed by atoms with Crippen molar-refractivity contribution in [1.29, 1.82) is 5.26 Å². The quantitative estimate of drug-likeness (QED) is 0.309. The molecule has 9 heteroatoms. The first-order chi connectivity index (χ1) is 18.8. The highest BCUT2D eigenvalue weighted by molar-refractivity contribution is 7.07. The molecular formula is C31H26F3N3O2S. The number of carbonyl (C=O) groups excluding carboxylic acids is 1. The van der Waals surface area contributed by atoms with Gasteiger partial charge in [-0.15, -0.1) is 11.3 Å². The summed E-state index contributed by atoms with van der Waals surface area (Å²) in [6.07, 6.45) is -3.22. The van der Waals surface area contributed by atoms with Crippen molar-refractivity contribution in [3.63, 3.8) is 0 Å². The van der Waals surface area contributed by atoms with Crippen molar-refractivity contribution in [3.05, 3.63) is 110 Å². The number of carbonyl (C=O) groups is 1. The molecule has 0 saturated carbocycles. The summed E-state index contributed by atoms with van der Waals surface area (Å²) in [4.78, 5) is 28.8. The fourth-order valence-electron chi connectivity index (χ4n) is 4.09. The van der Waals surface area contributed by atoms with E-state index in [1.54, 1.807) is 39.0 Å². The van der Waals surface area contributed by atoms with E-state index in [2.05, 4.69) is 0 Å². The number of thiazole rings is 1. The predicted octanol–water partition coefficient (Wildman–Crippen LogP) is 5.80. The first-order valence-corrected chi connectivity index (χ1v) is 13.1. The number of alkyl halides is 3. The highest BCUT2D eigenvalue weighted by atomic mass is 32.1. The number of aromatic nitrogens is 1. The van der Waals surface area contributed by atoms with E-state index in [-0.39, 0.29) is 14.8 Å². The van der Waals surface area contributed by atoms with Crippen molar-refractivity contribution in [2.24, 2.45) is 5.41 Å². The summed E-state index contributed by atoms with van der Waals surface area (Å²) in [6.45, 7) is 4.81. The van der Waals surface area contributed by atoms with Gasteiger partial charge in [0.15, 0.2) is 5.78 Å². The van der Waals surface area contributed by atoms with Crippen molar-refractivity contribution in [1.82, 2.24) is 4.57 Å². The van der Waals surface area contributed by atoms with Crippen LogP contribution in [0.1, 0.15) is 31.9 Å². The van der Waals surface area contributed by atoms with Gasteiger partial charge in [0.1, 0.15) is 16.3 Å². The van der Waals surface area contributed by atoms with E-state index in [0.29, 0.717) is 5.56 Å². The van der Waals surface area contributed by atoms with Gasteiger partial charge in [-0.2, -0.15) is 18.4 Å². The molecule has 0 aliphatic carbocycles. The Morgan fingerprint density at radius 2 is 1.50 bits per heavy atom. The molecule has 5 nitrogen and oxygen atoms in total. The number of hydrogen-bond donors (Lipinski definition) is 0. The molecule has 4 aromatic rings. The third kappa shape index (κ3) is 5.77. The topological polar surface area (TPSA) is 66.1 Å². The summed E-state index contributed by atoms with van der Waals surface area (Å²) in [5.74, 6) is -0.575. The first-order valence-electron chi connectivity index (χ1n) is 12.3. The van der Waals surface area contributed by atoms with Crippen LogP contribution in [0.4, 0.5) is 24.5 Å². The molecule has 0 radical (unpaired) electrons. The van der Waals surface area contributed by atoms with Crippen LogP contribution in [0.5, 0.6) is 0 Å². The van der Waals surface area contributed by atoms with Gasteiger partial charge in [-0.25, -0.2) is 0 Å². The van der Waals surface area contributed by atoms with Crippen LogP contribution in [0.15, 0.2) is 83.7 Å². The largest absolute Gasteiger partial charge is 0.418 e. The molecule has 0 unspecified atom stereocenters. The van der Waals surface area contributed by atoms with Gasteiger partial charge in [-0.05, 0) is 48.0 Å². The van der Waals surface area contributed by atoms with E-state index in [1.165, 1.54) is 12.1 Å². The number of ketones is 1. The molecule has 0 aliphatic rings. The SMILES string of the molecule is CN(c1ccccc1)c1ccc(/C=c2/s/c(=C(\C#N)C(=O)C(C)(C)C)n(-c3ccccc3C(F)(F)F)c2=O)cc1. The smallest absolute Gasteiger partial charge is 0.345 e. The Labute approximate surface area is 233 Å². The average Bonchev–Trinajstić information content (AvgIpc) is 3.23. The lowest BCUT2D eigenvalue weighted by Gasteiger charge is -2.19. The number of Topliss-reactive ketones (excluding diaryl/α,β-unsaturated/α-hetero) is 1. The Balaban J connectivity index is 1.96. The molecule has 0 N–H and O–H groups in total. The first kappa shape index (κ1) is 28.6. The average molecular weight is 562 g/mol. The van der Waals surface area contributed by atoms with E-state index < -0.39 is 34.2 Å². The zero-order valence-corrected chi connectivity index (χ0v) is 23.1. The van der Waals surface area contributed by atoms with E-state index >= 15 is 0 Å². The Bertz CT molecular complexity index is 1770. The van der Waals surface area contributed by atoms with E-state index in [4.69, 9.17) is 0 Å². The maximum atomic E-state index is 13.9. The Hall–Kier alpha value is -4.42. The van der Waals surface area contributed by atoms with Gasteiger partial charge >= 0.3 is 6.18 Å². The van der Waals surface area contributed by atoms with Crippen molar-refractivity contribution in [2.45, 2.75) is 26.9 Å². The Morgan fingerprint density at radius 1 is 0.925 bits per heavy atom. The lowest BCUT2D eigenvalue weighted by atomic mass is 9.87. The number of benzene rings is 3. The molecule has 204 valence electrons. The maximum Gasteiger partial charge on any atom is 0.418 e. The van der Waals surface area contributed by atoms with Gasteiger partial charge in [-0.1, -0.05) is 63.2 Å². The number of anilines is 2. The van der Waals surface area contributed by atoms with Crippen LogP contribution >= 0.6 is 11.3 Å². The molecule has 4 rings (SSSR count). The molecule has 1 heterocycles. The number of nitriles is 1. The second-order valence-corrected chi connectivity index (χ2v) is 11.2. The molecular weight excluding hydrogens is 535 g/mol. The summed E-state index contributed by atoms with van der Waals surface area (Å²) < 4.78 is 42.6. The number of rotatable bonds is 5. The summed E-state index contributed by atoms with van der Waals surface area (Å²) in [5, 5.41) is 9.93. The summed E-state index contributed by atoms with van der Waals surface area (Å²) in [5.41, 5.74) is -1.10. The zero-order chi connectivity index (χ0) is 29.2. The van der Waals surface area contributed by atoms with Crippen molar-refractivity contribution in [3.8, 4) is 11.8 Å². The van der Waals surface area contributed by atoms with E-state index in [1.807, 2.05) is 60.5 Å². The molecule has 0 bridgehead atoms. The van der Waals surface area contributed by atoms with E-state index in [0.717, 1.165) is 39.4 Å². The standard InChI is InChI=1S/C31H26F3N3O2S/c1-30(2,3)27(38)23(19-35)29-37(25-13-9-8-12-24(25)31(32,33)34)28(39)26(40-29)18-20-14-16-22(17-15-20)36(4)21-10-6-5-7-11-21/h5-18H,1-4H3/b26-18+,29-23+. The molecule has 0 amide bonds. The van der Waals surface area contributed by atoms with Gasteiger partial charge in [-0.3, -0.25) is 14.2 Å². The third-order valence-electron chi connectivity index (χ3n) is 6.23. The van der Waals surface area contributed by atoms with Crippen LogP contribution in [-0.4, -0.2) is 17.4 Å². The predicted molar refractivity (Wildman–Crippen MR) is 152 cm³/mol. The van der Waals surface area contributed by atoms with Crippen LogP contribution < -0.4 is 19.7 Å². The third-order valence-corrected chi connectivity index (χ3v) is 7.32. The lowest BCUT2D eigenvalue weighted by molar-refractivity contribution is -0.137. The zero-order valence-electron chi connectivity index (χ0n) is 22.3. The molecule has 0 spiro atoms. The highest BCUT2D eigenvalue weighted by Gasteiger charge is 2.35. The number of nitrogens with zero attached hydrogens (tertiary/aromatic N) is 3. The normalized spacial score (nSPS) is 13.1. The molecule has 0 fully saturated rings. The van der Waals surface area contributed by atoms with Gasteiger partial charge in [0, 0.05) is 23.8 Å². The second-order valence-electron chi connectivity index (χ2n) is 10.1. The van der Waals surface area contributed by atoms with Gasteiger partial charge in [0.25, 0.3) is 5.56 Å². The fraction of sp³-hybridized carbons (Fsp3) is 0.194. The molecule has 40 heavy (non-hydrogen) atoms. The Kier molecular flexibility index (Phi) is 7.85. The van der Waals surface area contributed by atoms with Crippen LogP contribution in [0.3, 0.4) is 0 Å². The summed E-state index contributed by atoms with van der Waals surface area (Å²) in [7, 11) is 1.92. The minimum atomic E-state index is -4.76. The van der Waals surface area contributed by atoms with Crippen molar-refractivity contribution >= 4 is 40.1 Å². The maximum absolute atomic E-state index is 13.9. The fourth-order valence-corrected chi connectivity index (χ4v) is 5.19. The van der Waals surface area contributed by atoms with Crippen LogP contribution in [0.2, 0.25) is 0 Å². The second kappa shape index (κ2) is 11.0.